The number of hydrogen-bond donors (Lipinski definition) is 2. The van der Waals surface area contributed by atoms with Crippen LogP contribution in [-0.4, -0.2) is 25.7 Å². The van der Waals surface area contributed by atoms with E-state index in [2.05, 4.69) is 4.98 Å². The highest BCUT2D eigenvalue weighted by Gasteiger charge is 2.28. The van der Waals surface area contributed by atoms with Crippen molar-refractivity contribution in [1.82, 2.24) is 9.55 Å². The quantitative estimate of drug-likeness (QED) is 0.793. The van der Waals surface area contributed by atoms with E-state index in [1.807, 2.05) is 11.5 Å². The lowest BCUT2D eigenvalue weighted by atomic mass is 9.89. The van der Waals surface area contributed by atoms with Gasteiger partial charge in [-0.3, -0.25) is 4.79 Å². The number of carboxylic acid groups (broad SMARTS) is 1. The number of aryl methyl sites for hydroxylation is 1. The minimum atomic E-state index is -0.891. The zero-order chi connectivity index (χ0) is 13.0. The minimum Gasteiger partial charge on any atom is -0.481 e. The molecule has 17 heavy (non-hydrogen) atoms. The minimum absolute atomic E-state index is 0.347. The van der Waals surface area contributed by atoms with Crippen LogP contribution in [0.2, 0.25) is 0 Å². The number of aliphatic hydroxyl groups is 1. The summed E-state index contributed by atoms with van der Waals surface area (Å²) >= 11 is 0. The van der Waals surface area contributed by atoms with Crippen molar-refractivity contribution in [3.8, 4) is 0 Å². The number of aromatic nitrogens is 2. The van der Waals surface area contributed by atoms with Crippen LogP contribution in [0.15, 0.2) is 12.5 Å². The van der Waals surface area contributed by atoms with Crippen molar-refractivity contribution < 1.29 is 15.0 Å². The number of rotatable bonds is 6. The average molecular weight is 240 g/mol. The number of imidazole rings is 1. The lowest BCUT2D eigenvalue weighted by Crippen LogP contribution is -2.25. The number of hydrogen-bond acceptors (Lipinski definition) is 3. The van der Waals surface area contributed by atoms with E-state index >= 15 is 0 Å². The van der Waals surface area contributed by atoms with Crippen molar-refractivity contribution >= 4 is 5.97 Å². The third-order valence-corrected chi connectivity index (χ3v) is 3.19. The Bertz CT molecular complexity index is 376. The number of carbonyl (C=O) groups is 1. The van der Waals surface area contributed by atoms with Gasteiger partial charge in [0, 0.05) is 12.5 Å². The second-order valence-corrected chi connectivity index (χ2v) is 4.44. The van der Waals surface area contributed by atoms with E-state index in [1.54, 1.807) is 26.4 Å². The molecule has 1 heterocycles. The van der Waals surface area contributed by atoms with Gasteiger partial charge in [0.05, 0.1) is 30.2 Å². The van der Waals surface area contributed by atoms with E-state index in [0.29, 0.717) is 5.69 Å². The fourth-order valence-electron chi connectivity index (χ4n) is 1.77. The van der Waals surface area contributed by atoms with Crippen LogP contribution in [0.25, 0.3) is 0 Å². The molecule has 0 saturated heterocycles. The van der Waals surface area contributed by atoms with Gasteiger partial charge in [-0.15, -0.1) is 0 Å². The first kappa shape index (κ1) is 13.7. The molecule has 0 aromatic carbocycles. The second-order valence-electron chi connectivity index (χ2n) is 4.44. The molecule has 0 radical (unpaired) electrons. The zero-order valence-corrected chi connectivity index (χ0v) is 10.5. The summed E-state index contributed by atoms with van der Waals surface area (Å²) in [7, 11) is 0. The topological polar surface area (TPSA) is 75.3 Å². The van der Waals surface area contributed by atoms with E-state index in [4.69, 9.17) is 5.11 Å². The summed E-state index contributed by atoms with van der Waals surface area (Å²) in [6, 6.07) is 0. The molecule has 5 heteroatoms. The molecule has 96 valence electrons. The first-order valence-electron chi connectivity index (χ1n) is 5.89. The fraction of sp³-hybridized carbons (Fsp3) is 0.667. The molecule has 1 aromatic heterocycles. The molecule has 3 unspecified atom stereocenters. The third-order valence-electron chi connectivity index (χ3n) is 3.19. The molecule has 1 aromatic rings. The SMILES string of the molecule is CCCn1cncc1C(O)C(C)C(C)C(=O)O. The predicted octanol–water partition coefficient (Wildman–Crippen LogP) is 1.68. The smallest absolute Gasteiger partial charge is 0.306 e. The summed E-state index contributed by atoms with van der Waals surface area (Å²) in [5.41, 5.74) is 0.687. The summed E-state index contributed by atoms with van der Waals surface area (Å²) in [4.78, 5) is 14.9. The normalized spacial score (nSPS) is 16.5. The van der Waals surface area contributed by atoms with Crippen molar-refractivity contribution in [2.45, 2.75) is 39.8 Å². The average Bonchev–Trinajstić information content (AvgIpc) is 2.74. The maximum atomic E-state index is 10.9. The molecular formula is C12H20N2O3. The van der Waals surface area contributed by atoms with Gasteiger partial charge in [-0.25, -0.2) is 4.98 Å². The first-order chi connectivity index (χ1) is 7.99. The predicted molar refractivity (Wildman–Crippen MR) is 63.4 cm³/mol. The first-order valence-corrected chi connectivity index (χ1v) is 5.89. The maximum Gasteiger partial charge on any atom is 0.306 e. The molecule has 0 saturated carbocycles. The van der Waals surface area contributed by atoms with Crippen molar-refractivity contribution in [2.24, 2.45) is 11.8 Å². The van der Waals surface area contributed by atoms with Crippen LogP contribution < -0.4 is 0 Å². The van der Waals surface area contributed by atoms with Crippen molar-refractivity contribution in [1.29, 1.82) is 0 Å². The summed E-state index contributed by atoms with van der Waals surface area (Å²) < 4.78 is 1.87. The summed E-state index contributed by atoms with van der Waals surface area (Å²) in [5.74, 6) is -1.83. The number of aliphatic carboxylic acids is 1. The van der Waals surface area contributed by atoms with Crippen molar-refractivity contribution in [2.75, 3.05) is 0 Å². The molecule has 2 N–H and O–H groups in total. The van der Waals surface area contributed by atoms with Gasteiger partial charge >= 0.3 is 5.97 Å². The van der Waals surface area contributed by atoms with Gasteiger partial charge in [0.1, 0.15) is 0 Å². The van der Waals surface area contributed by atoms with Gasteiger partial charge in [-0.1, -0.05) is 20.8 Å². The van der Waals surface area contributed by atoms with E-state index < -0.39 is 18.0 Å². The second kappa shape index (κ2) is 5.82. The lowest BCUT2D eigenvalue weighted by Gasteiger charge is -2.23. The number of aliphatic hydroxyl groups excluding tert-OH is 1. The molecule has 0 amide bonds. The molecule has 0 fully saturated rings. The Kier molecular flexibility index (Phi) is 4.69. The Hall–Kier alpha value is -1.36. The maximum absolute atomic E-state index is 10.9. The summed E-state index contributed by atoms with van der Waals surface area (Å²) in [6.07, 6.45) is 3.42. The van der Waals surface area contributed by atoms with E-state index in [1.165, 1.54) is 0 Å². The van der Waals surface area contributed by atoms with Gasteiger partial charge in [0.2, 0.25) is 0 Å². The van der Waals surface area contributed by atoms with Crippen LogP contribution in [0, 0.1) is 11.8 Å². The fourth-order valence-corrected chi connectivity index (χ4v) is 1.77. The monoisotopic (exact) mass is 240 g/mol. The molecule has 0 aliphatic carbocycles. The molecular weight excluding hydrogens is 220 g/mol. The van der Waals surface area contributed by atoms with Crippen molar-refractivity contribution in [3.05, 3.63) is 18.2 Å². The Morgan fingerprint density at radius 3 is 2.71 bits per heavy atom. The van der Waals surface area contributed by atoms with E-state index in [0.717, 1.165) is 13.0 Å². The van der Waals surface area contributed by atoms with Crippen LogP contribution in [0.4, 0.5) is 0 Å². The molecule has 0 spiro atoms. The lowest BCUT2D eigenvalue weighted by molar-refractivity contribution is -0.144. The van der Waals surface area contributed by atoms with Crippen LogP contribution in [0.1, 0.15) is 39.0 Å². The molecule has 0 aliphatic heterocycles. The Labute approximate surface area is 101 Å². The Morgan fingerprint density at radius 1 is 1.53 bits per heavy atom. The summed E-state index contributed by atoms with van der Waals surface area (Å²) in [6.45, 7) is 6.17. The van der Waals surface area contributed by atoms with Crippen LogP contribution >= 0.6 is 0 Å². The largest absolute Gasteiger partial charge is 0.481 e. The highest BCUT2D eigenvalue weighted by molar-refractivity contribution is 5.69. The third kappa shape index (κ3) is 3.06. The highest BCUT2D eigenvalue weighted by Crippen LogP contribution is 2.27. The molecule has 1 rings (SSSR count). The molecule has 3 atom stereocenters. The van der Waals surface area contributed by atoms with Gasteiger partial charge in [0.15, 0.2) is 0 Å². The zero-order valence-electron chi connectivity index (χ0n) is 10.5. The molecule has 5 nitrogen and oxygen atoms in total. The Balaban J connectivity index is 2.84. The molecule has 0 aliphatic rings. The number of nitrogens with zero attached hydrogens (tertiary/aromatic N) is 2. The van der Waals surface area contributed by atoms with E-state index in [-0.39, 0.29) is 5.92 Å². The van der Waals surface area contributed by atoms with Gasteiger partial charge in [-0.2, -0.15) is 0 Å². The van der Waals surface area contributed by atoms with Gasteiger partial charge < -0.3 is 14.8 Å². The van der Waals surface area contributed by atoms with Crippen molar-refractivity contribution in [3.63, 3.8) is 0 Å². The van der Waals surface area contributed by atoms with Crippen LogP contribution in [-0.2, 0) is 11.3 Å². The standard InChI is InChI=1S/C12H20N2O3/c1-4-5-14-7-13-6-10(14)11(15)8(2)9(3)12(16)17/h6-9,11,15H,4-5H2,1-3H3,(H,16,17). The Morgan fingerprint density at radius 2 is 2.18 bits per heavy atom. The van der Waals surface area contributed by atoms with Gasteiger partial charge in [-0.05, 0) is 6.42 Å². The van der Waals surface area contributed by atoms with Crippen LogP contribution in [0.3, 0.4) is 0 Å². The highest BCUT2D eigenvalue weighted by atomic mass is 16.4. The summed E-state index contributed by atoms with van der Waals surface area (Å²) in [5, 5.41) is 19.1. The van der Waals surface area contributed by atoms with E-state index in [9.17, 15) is 9.90 Å². The van der Waals surface area contributed by atoms with Crippen LogP contribution in [0.5, 0.6) is 0 Å². The number of carboxylic acids is 1. The molecule has 0 bridgehead atoms. The van der Waals surface area contributed by atoms with Gasteiger partial charge in [0.25, 0.3) is 0 Å².